The Bertz CT molecular complexity index is 752. The summed E-state index contributed by atoms with van der Waals surface area (Å²) < 4.78 is 0. The van der Waals surface area contributed by atoms with Crippen molar-refractivity contribution in [3.8, 4) is 0 Å². The van der Waals surface area contributed by atoms with E-state index in [2.05, 4.69) is 20.9 Å². The molecule has 5 nitrogen and oxygen atoms in total. The summed E-state index contributed by atoms with van der Waals surface area (Å²) in [7, 11) is 1.62. The van der Waals surface area contributed by atoms with Crippen LogP contribution in [-0.4, -0.2) is 25.5 Å². The fraction of sp³-hybridized carbons (Fsp3) is 0.263. The Labute approximate surface area is 176 Å². The molecule has 0 aliphatic heterocycles. The van der Waals surface area contributed by atoms with E-state index in [4.69, 9.17) is 11.6 Å². The van der Waals surface area contributed by atoms with E-state index in [1.54, 1.807) is 13.1 Å². The molecule has 0 aliphatic rings. The second-order valence-electron chi connectivity index (χ2n) is 5.42. The van der Waals surface area contributed by atoms with Crippen LogP contribution < -0.4 is 16.0 Å². The standard InChI is InChI=1S/C19H23ClN4O.HI/c1-3-22-19(24-13-16-8-4-5-10-17(16)20)23-12-14-7-6-9-15(11-14)18(25)21-2;/h4-11H,3,12-13H2,1-2H3,(H,21,25)(H2,22,23,24);1H. The minimum absolute atomic E-state index is 0. The largest absolute Gasteiger partial charge is 0.357 e. The van der Waals surface area contributed by atoms with Gasteiger partial charge >= 0.3 is 0 Å². The third kappa shape index (κ3) is 6.84. The average Bonchev–Trinajstić information content (AvgIpc) is 2.64. The van der Waals surface area contributed by atoms with Crippen LogP contribution in [0.1, 0.15) is 28.4 Å². The molecular weight excluding hydrogens is 463 g/mol. The number of carbonyl (C=O) groups excluding carboxylic acids is 1. The van der Waals surface area contributed by atoms with Crippen LogP contribution in [0.4, 0.5) is 0 Å². The zero-order valence-electron chi connectivity index (χ0n) is 14.9. The smallest absolute Gasteiger partial charge is 0.251 e. The van der Waals surface area contributed by atoms with Crippen molar-refractivity contribution in [1.29, 1.82) is 0 Å². The van der Waals surface area contributed by atoms with Crippen LogP contribution in [0.15, 0.2) is 53.5 Å². The minimum Gasteiger partial charge on any atom is -0.357 e. The SMILES string of the molecule is CCNC(=NCc1cccc(C(=O)NC)c1)NCc1ccccc1Cl.I. The van der Waals surface area contributed by atoms with Crippen LogP contribution in [0, 0.1) is 0 Å². The first-order chi connectivity index (χ1) is 12.1. The lowest BCUT2D eigenvalue weighted by Crippen LogP contribution is -2.36. The van der Waals surface area contributed by atoms with Crippen molar-refractivity contribution in [3.05, 3.63) is 70.2 Å². The van der Waals surface area contributed by atoms with E-state index in [0.717, 1.165) is 22.7 Å². The number of hydrogen-bond acceptors (Lipinski definition) is 2. The Morgan fingerprint density at radius 1 is 1.12 bits per heavy atom. The van der Waals surface area contributed by atoms with Gasteiger partial charge < -0.3 is 16.0 Å². The number of nitrogens with one attached hydrogen (secondary N) is 3. The van der Waals surface area contributed by atoms with Crippen molar-refractivity contribution in [3.63, 3.8) is 0 Å². The van der Waals surface area contributed by atoms with Gasteiger partial charge in [-0.2, -0.15) is 0 Å². The molecule has 0 aromatic heterocycles. The third-order valence-electron chi connectivity index (χ3n) is 3.58. The van der Waals surface area contributed by atoms with Gasteiger partial charge in [-0.15, -0.1) is 24.0 Å². The topological polar surface area (TPSA) is 65.5 Å². The number of rotatable bonds is 6. The molecule has 1 amide bonds. The van der Waals surface area contributed by atoms with Crippen molar-refractivity contribution in [2.75, 3.05) is 13.6 Å². The minimum atomic E-state index is -0.102. The maximum absolute atomic E-state index is 11.7. The highest BCUT2D eigenvalue weighted by atomic mass is 127. The molecule has 3 N–H and O–H groups in total. The normalized spacial score (nSPS) is 10.7. The molecular formula is C19H24ClIN4O. The molecule has 0 bridgehead atoms. The lowest BCUT2D eigenvalue weighted by Gasteiger charge is -2.12. The van der Waals surface area contributed by atoms with E-state index in [-0.39, 0.29) is 29.9 Å². The summed E-state index contributed by atoms with van der Waals surface area (Å²) in [6, 6.07) is 15.2. The van der Waals surface area contributed by atoms with Crippen LogP contribution in [-0.2, 0) is 13.1 Å². The van der Waals surface area contributed by atoms with E-state index in [1.165, 1.54) is 0 Å². The predicted molar refractivity (Wildman–Crippen MR) is 118 cm³/mol. The first-order valence-electron chi connectivity index (χ1n) is 8.20. The van der Waals surface area contributed by atoms with Crippen molar-refractivity contribution in [1.82, 2.24) is 16.0 Å². The van der Waals surface area contributed by atoms with Crippen molar-refractivity contribution in [2.45, 2.75) is 20.0 Å². The van der Waals surface area contributed by atoms with Gasteiger partial charge in [0, 0.05) is 30.7 Å². The van der Waals surface area contributed by atoms with Crippen LogP contribution >= 0.6 is 35.6 Å². The van der Waals surface area contributed by atoms with Gasteiger partial charge in [0.05, 0.1) is 6.54 Å². The second kappa shape index (κ2) is 11.7. The van der Waals surface area contributed by atoms with Crippen LogP contribution in [0.3, 0.4) is 0 Å². The number of hydrogen-bond donors (Lipinski definition) is 3. The molecule has 140 valence electrons. The maximum Gasteiger partial charge on any atom is 0.251 e. The number of carbonyl (C=O) groups is 1. The Balaban J connectivity index is 0.00000338. The molecule has 0 atom stereocenters. The quantitative estimate of drug-likeness (QED) is 0.332. The van der Waals surface area contributed by atoms with Crippen LogP contribution in [0.25, 0.3) is 0 Å². The number of halogens is 2. The summed E-state index contributed by atoms with van der Waals surface area (Å²) in [5.74, 6) is 0.599. The van der Waals surface area contributed by atoms with Gasteiger partial charge in [-0.1, -0.05) is 41.9 Å². The zero-order chi connectivity index (χ0) is 18.1. The van der Waals surface area contributed by atoms with Gasteiger partial charge in [0.15, 0.2) is 5.96 Å². The molecule has 2 aromatic rings. The van der Waals surface area contributed by atoms with Gasteiger partial charge in [0.1, 0.15) is 0 Å². The van der Waals surface area contributed by atoms with Gasteiger partial charge in [-0.05, 0) is 36.2 Å². The summed E-state index contributed by atoms with van der Waals surface area (Å²) >= 11 is 6.18. The molecule has 0 saturated carbocycles. The van der Waals surface area contributed by atoms with E-state index in [0.29, 0.717) is 24.6 Å². The highest BCUT2D eigenvalue weighted by Crippen LogP contribution is 2.14. The van der Waals surface area contributed by atoms with Crippen LogP contribution in [0.2, 0.25) is 5.02 Å². The average molecular weight is 487 g/mol. The Morgan fingerprint density at radius 3 is 2.58 bits per heavy atom. The zero-order valence-corrected chi connectivity index (χ0v) is 18.0. The molecule has 0 spiro atoms. The first kappa shape index (κ1) is 22.2. The van der Waals surface area contributed by atoms with Gasteiger partial charge in [0.2, 0.25) is 0 Å². The molecule has 2 rings (SSSR count). The number of nitrogens with zero attached hydrogens (tertiary/aromatic N) is 1. The second-order valence-corrected chi connectivity index (χ2v) is 5.83. The lowest BCUT2D eigenvalue weighted by molar-refractivity contribution is 0.0963. The van der Waals surface area contributed by atoms with Gasteiger partial charge in [0.25, 0.3) is 5.91 Å². The summed E-state index contributed by atoms with van der Waals surface area (Å²) in [5.41, 5.74) is 2.61. The summed E-state index contributed by atoms with van der Waals surface area (Å²) in [6.07, 6.45) is 0. The molecule has 7 heteroatoms. The van der Waals surface area contributed by atoms with E-state index in [9.17, 15) is 4.79 Å². The van der Waals surface area contributed by atoms with Gasteiger partial charge in [-0.3, -0.25) is 4.79 Å². The monoisotopic (exact) mass is 486 g/mol. The molecule has 2 aromatic carbocycles. The number of aliphatic imine (C=N–C) groups is 1. The van der Waals surface area contributed by atoms with Gasteiger partial charge in [-0.25, -0.2) is 4.99 Å². The predicted octanol–water partition coefficient (Wildman–Crippen LogP) is 3.57. The summed E-state index contributed by atoms with van der Waals surface area (Å²) in [6.45, 7) is 3.83. The molecule has 0 heterocycles. The molecule has 0 saturated heterocycles. The fourth-order valence-electron chi connectivity index (χ4n) is 2.29. The molecule has 26 heavy (non-hydrogen) atoms. The van der Waals surface area contributed by atoms with E-state index >= 15 is 0 Å². The van der Waals surface area contributed by atoms with Crippen LogP contribution in [0.5, 0.6) is 0 Å². The molecule has 0 aliphatic carbocycles. The highest BCUT2D eigenvalue weighted by molar-refractivity contribution is 14.0. The third-order valence-corrected chi connectivity index (χ3v) is 3.95. The van der Waals surface area contributed by atoms with Crippen molar-refractivity contribution in [2.24, 2.45) is 4.99 Å². The molecule has 0 unspecified atom stereocenters. The lowest BCUT2D eigenvalue weighted by atomic mass is 10.1. The first-order valence-corrected chi connectivity index (χ1v) is 8.58. The Morgan fingerprint density at radius 2 is 1.88 bits per heavy atom. The Hall–Kier alpha value is -1.80. The number of guanidine groups is 1. The van der Waals surface area contributed by atoms with Crippen molar-refractivity contribution < 1.29 is 4.79 Å². The summed E-state index contributed by atoms with van der Waals surface area (Å²) in [5, 5.41) is 9.83. The summed E-state index contributed by atoms with van der Waals surface area (Å²) in [4.78, 5) is 16.3. The number of benzene rings is 2. The van der Waals surface area contributed by atoms with Crippen molar-refractivity contribution >= 4 is 47.4 Å². The maximum atomic E-state index is 11.7. The highest BCUT2D eigenvalue weighted by Gasteiger charge is 2.04. The van der Waals surface area contributed by atoms with E-state index in [1.807, 2.05) is 49.4 Å². The van der Waals surface area contributed by atoms with E-state index < -0.39 is 0 Å². The molecule has 0 fully saturated rings. The number of amides is 1. The Kier molecular flexibility index (Phi) is 10.0. The fourth-order valence-corrected chi connectivity index (χ4v) is 2.49. The molecule has 0 radical (unpaired) electrons.